The van der Waals surface area contributed by atoms with Crippen LogP contribution in [0, 0.1) is 5.82 Å². The summed E-state index contributed by atoms with van der Waals surface area (Å²) in [5, 5.41) is 12.7. The van der Waals surface area contributed by atoms with Crippen molar-refractivity contribution >= 4 is 21.6 Å². The van der Waals surface area contributed by atoms with Crippen molar-refractivity contribution in [2.24, 2.45) is 0 Å². The van der Waals surface area contributed by atoms with Crippen LogP contribution < -0.4 is 5.32 Å². The average Bonchev–Trinajstić information content (AvgIpc) is 2.90. The summed E-state index contributed by atoms with van der Waals surface area (Å²) >= 11 is 3.28. The summed E-state index contributed by atoms with van der Waals surface area (Å²) in [6.45, 7) is 0.577. The van der Waals surface area contributed by atoms with E-state index >= 15 is 0 Å². The molecule has 0 aliphatic heterocycles. The molecule has 3 nitrogen and oxygen atoms in total. The lowest BCUT2D eigenvalue weighted by molar-refractivity contribution is -0.00119. The topological polar surface area (TPSA) is 41.5 Å². The number of benzene rings is 1. The van der Waals surface area contributed by atoms with Crippen molar-refractivity contribution in [3.05, 3.63) is 28.5 Å². The van der Waals surface area contributed by atoms with Gasteiger partial charge in [-0.3, -0.25) is 0 Å². The Balaban J connectivity index is 1.73. The molecule has 1 atom stereocenters. The summed E-state index contributed by atoms with van der Waals surface area (Å²) in [5.41, 5.74) is 0.384. The molecule has 106 valence electrons. The van der Waals surface area contributed by atoms with Gasteiger partial charge < -0.3 is 15.2 Å². The zero-order valence-electron chi connectivity index (χ0n) is 10.7. The van der Waals surface area contributed by atoms with E-state index in [4.69, 9.17) is 4.74 Å². The number of anilines is 1. The molecule has 1 aromatic rings. The average molecular weight is 332 g/mol. The third kappa shape index (κ3) is 4.75. The smallest absolute Gasteiger partial charge is 0.146 e. The number of aliphatic hydroxyl groups excluding tert-OH is 1. The molecule has 2 rings (SSSR count). The number of halogens is 2. The molecule has 19 heavy (non-hydrogen) atoms. The Morgan fingerprint density at radius 3 is 2.89 bits per heavy atom. The van der Waals surface area contributed by atoms with Gasteiger partial charge in [0, 0.05) is 11.0 Å². The highest BCUT2D eigenvalue weighted by molar-refractivity contribution is 9.10. The van der Waals surface area contributed by atoms with Gasteiger partial charge in [0.15, 0.2) is 0 Å². The zero-order chi connectivity index (χ0) is 13.7. The number of nitrogens with one attached hydrogen (secondary N) is 1. The minimum Gasteiger partial charge on any atom is -0.389 e. The second-order valence-electron chi connectivity index (χ2n) is 4.90. The maximum absolute atomic E-state index is 13.5. The van der Waals surface area contributed by atoms with Gasteiger partial charge in [-0.15, -0.1) is 0 Å². The first kappa shape index (κ1) is 14.8. The van der Waals surface area contributed by atoms with Crippen molar-refractivity contribution < 1.29 is 14.2 Å². The summed E-state index contributed by atoms with van der Waals surface area (Å²) in [5.74, 6) is -0.327. The van der Waals surface area contributed by atoms with Crippen LogP contribution in [0.3, 0.4) is 0 Å². The first-order valence-corrected chi connectivity index (χ1v) is 7.43. The van der Waals surface area contributed by atoms with Gasteiger partial charge in [0.1, 0.15) is 5.82 Å². The minimum absolute atomic E-state index is 0.278. The highest BCUT2D eigenvalue weighted by Gasteiger charge is 2.17. The number of hydrogen-bond donors (Lipinski definition) is 2. The lowest BCUT2D eigenvalue weighted by Gasteiger charge is -2.16. The van der Waals surface area contributed by atoms with Crippen molar-refractivity contribution in [1.82, 2.24) is 0 Å². The normalized spacial score (nSPS) is 17.6. The fourth-order valence-electron chi connectivity index (χ4n) is 2.22. The summed E-state index contributed by atoms with van der Waals surface area (Å²) in [4.78, 5) is 0. The second-order valence-corrected chi connectivity index (χ2v) is 5.81. The molecule has 1 aliphatic rings. The van der Waals surface area contributed by atoms with Crippen LogP contribution in [0.15, 0.2) is 22.7 Å². The maximum atomic E-state index is 13.5. The lowest BCUT2D eigenvalue weighted by atomic mass is 10.3. The maximum Gasteiger partial charge on any atom is 0.146 e. The molecule has 0 heterocycles. The molecule has 1 aromatic carbocycles. The standard InChI is InChI=1S/C14H19BrFNO2/c15-10-5-6-13(16)14(7-10)17-8-11(18)9-19-12-3-1-2-4-12/h5-7,11-12,17-18H,1-4,8-9H2. The van der Waals surface area contributed by atoms with E-state index in [0.717, 1.165) is 17.3 Å². The Hall–Kier alpha value is -0.650. The molecule has 1 saturated carbocycles. The van der Waals surface area contributed by atoms with Crippen LogP contribution in [0.2, 0.25) is 0 Å². The van der Waals surface area contributed by atoms with Gasteiger partial charge in [0.25, 0.3) is 0 Å². The van der Waals surface area contributed by atoms with Crippen LogP contribution in [0.5, 0.6) is 0 Å². The monoisotopic (exact) mass is 331 g/mol. The van der Waals surface area contributed by atoms with E-state index in [1.54, 1.807) is 12.1 Å². The highest BCUT2D eigenvalue weighted by Crippen LogP contribution is 2.21. The number of aliphatic hydroxyl groups is 1. The van der Waals surface area contributed by atoms with Gasteiger partial charge in [-0.05, 0) is 31.0 Å². The predicted molar refractivity (Wildman–Crippen MR) is 76.8 cm³/mol. The lowest BCUT2D eigenvalue weighted by Crippen LogP contribution is -2.27. The van der Waals surface area contributed by atoms with Crippen molar-refractivity contribution in [3.63, 3.8) is 0 Å². The van der Waals surface area contributed by atoms with E-state index in [2.05, 4.69) is 21.2 Å². The van der Waals surface area contributed by atoms with E-state index in [0.29, 0.717) is 12.3 Å². The van der Waals surface area contributed by atoms with Crippen molar-refractivity contribution in [2.75, 3.05) is 18.5 Å². The van der Waals surface area contributed by atoms with Crippen LogP contribution in [0.4, 0.5) is 10.1 Å². The van der Waals surface area contributed by atoms with Gasteiger partial charge in [-0.1, -0.05) is 28.8 Å². The summed E-state index contributed by atoms with van der Waals surface area (Å²) in [6, 6.07) is 4.67. The number of rotatable bonds is 6. The fourth-order valence-corrected chi connectivity index (χ4v) is 2.58. The largest absolute Gasteiger partial charge is 0.389 e. The van der Waals surface area contributed by atoms with Crippen LogP contribution >= 0.6 is 15.9 Å². The SMILES string of the molecule is OC(CNc1cc(Br)ccc1F)COC1CCCC1. The van der Waals surface area contributed by atoms with Gasteiger partial charge in [-0.25, -0.2) is 4.39 Å². The molecule has 5 heteroatoms. The molecular weight excluding hydrogens is 313 g/mol. The molecule has 0 bridgehead atoms. The summed E-state index contributed by atoms with van der Waals surface area (Å²) in [6.07, 6.45) is 4.25. The second kappa shape index (κ2) is 7.22. The van der Waals surface area contributed by atoms with Gasteiger partial charge >= 0.3 is 0 Å². The Labute approximate surface area is 121 Å². The van der Waals surface area contributed by atoms with Crippen LogP contribution in [0.1, 0.15) is 25.7 Å². The van der Waals surface area contributed by atoms with E-state index < -0.39 is 6.10 Å². The Kier molecular flexibility index (Phi) is 5.60. The van der Waals surface area contributed by atoms with Gasteiger partial charge in [0.05, 0.1) is 24.5 Å². The number of hydrogen-bond acceptors (Lipinski definition) is 3. The third-order valence-corrected chi connectivity index (χ3v) is 3.78. The van der Waals surface area contributed by atoms with Crippen LogP contribution in [-0.4, -0.2) is 30.5 Å². The predicted octanol–water partition coefficient (Wildman–Crippen LogP) is 3.32. The van der Waals surface area contributed by atoms with Crippen molar-refractivity contribution in [3.8, 4) is 0 Å². The van der Waals surface area contributed by atoms with Crippen LogP contribution in [0.25, 0.3) is 0 Å². The van der Waals surface area contributed by atoms with Crippen LogP contribution in [-0.2, 0) is 4.74 Å². The van der Waals surface area contributed by atoms with E-state index in [-0.39, 0.29) is 18.5 Å². The first-order chi connectivity index (χ1) is 9.15. The molecule has 0 amide bonds. The molecule has 0 saturated heterocycles. The van der Waals surface area contributed by atoms with Crippen molar-refractivity contribution in [1.29, 1.82) is 0 Å². The third-order valence-electron chi connectivity index (χ3n) is 3.28. The molecule has 2 N–H and O–H groups in total. The minimum atomic E-state index is -0.626. The summed E-state index contributed by atoms with van der Waals surface area (Å²) in [7, 11) is 0. The molecule has 0 aromatic heterocycles. The Morgan fingerprint density at radius 1 is 1.42 bits per heavy atom. The highest BCUT2D eigenvalue weighted by atomic mass is 79.9. The molecular formula is C14H19BrFNO2. The van der Waals surface area contributed by atoms with E-state index in [1.165, 1.54) is 18.9 Å². The zero-order valence-corrected chi connectivity index (χ0v) is 12.3. The van der Waals surface area contributed by atoms with E-state index in [1.807, 2.05) is 0 Å². The molecule has 1 fully saturated rings. The van der Waals surface area contributed by atoms with Crippen molar-refractivity contribution in [2.45, 2.75) is 37.9 Å². The fraction of sp³-hybridized carbons (Fsp3) is 0.571. The molecule has 1 aliphatic carbocycles. The Morgan fingerprint density at radius 2 is 2.16 bits per heavy atom. The number of ether oxygens (including phenoxy) is 1. The molecule has 1 unspecified atom stereocenters. The van der Waals surface area contributed by atoms with Gasteiger partial charge in [0.2, 0.25) is 0 Å². The van der Waals surface area contributed by atoms with Gasteiger partial charge in [-0.2, -0.15) is 0 Å². The first-order valence-electron chi connectivity index (χ1n) is 6.64. The molecule has 0 spiro atoms. The summed E-state index contributed by atoms with van der Waals surface area (Å²) < 4.78 is 19.9. The quantitative estimate of drug-likeness (QED) is 0.840. The van der Waals surface area contributed by atoms with E-state index in [9.17, 15) is 9.50 Å². The Bertz CT molecular complexity index is 410. The molecule has 0 radical (unpaired) electrons.